The number of carbonyl (C=O) groups is 1. The van der Waals surface area contributed by atoms with Crippen molar-refractivity contribution < 1.29 is 28.9 Å². The lowest BCUT2D eigenvalue weighted by molar-refractivity contribution is -0.172. The first-order valence-corrected chi connectivity index (χ1v) is 13.6. The summed E-state index contributed by atoms with van der Waals surface area (Å²) in [6, 6.07) is 4.87. The van der Waals surface area contributed by atoms with Gasteiger partial charge in [0.25, 0.3) is 5.56 Å². The number of cyclic esters (lactones) is 1. The molecule has 1 fully saturated rings. The van der Waals surface area contributed by atoms with Crippen molar-refractivity contribution in [3.8, 4) is 11.4 Å². The minimum atomic E-state index is -1.92. The zero-order valence-corrected chi connectivity index (χ0v) is 21.9. The Morgan fingerprint density at radius 3 is 2.84 bits per heavy atom. The molecule has 3 aliphatic heterocycles. The molecule has 1 aromatic carbocycles. The number of aryl methyl sites for hydroxylation is 1. The number of benzene rings is 1. The van der Waals surface area contributed by atoms with Gasteiger partial charge in [-0.05, 0) is 36.6 Å². The van der Waals surface area contributed by atoms with E-state index in [1.54, 1.807) is 30.5 Å². The lowest BCUT2D eigenvalue weighted by atomic mass is 9.86. The molecule has 1 unspecified atom stereocenters. The predicted molar refractivity (Wildman–Crippen MR) is 139 cm³/mol. The van der Waals surface area contributed by atoms with E-state index in [1.165, 1.54) is 17.8 Å². The Labute approximate surface area is 222 Å². The molecule has 0 spiro atoms. The zero-order valence-electron chi connectivity index (χ0n) is 21.1. The number of hydrogen-bond donors (Lipinski definition) is 2. The van der Waals surface area contributed by atoms with Gasteiger partial charge in [0.2, 0.25) is 0 Å². The van der Waals surface area contributed by atoms with E-state index in [0.29, 0.717) is 48.8 Å². The van der Waals surface area contributed by atoms with Crippen LogP contribution in [0, 0.1) is 12.7 Å². The van der Waals surface area contributed by atoms with Gasteiger partial charge in [-0.25, -0.2) is 14.2 Å². The molecule has 1 saturated heterocycles. The molecular weight excluding hydrogens is 513 g/mol. The normalized spacial score (nSPS) is 22.8. The molecule has 38 heavy (non-hydrogen) atoms. The summed E-state index contributed by atoms with van der Waals surface area (Å²) in [5.74, 6) is -1.20. The summed E-state index contributed by atoms with van der Waals surface area (Å²) in [5.41, 5.74) is 1.99. The Morgan fingerprint density at radius 2 is 2.08 bits per heavy atom. The quantitative estimate of drug-likeness (QED) is 0.290. The van der Waals surface area contributed by atoms with Gasteiger partial charge in [-0.15, -0.1) is 11.8 Å². The average molecular weight is 542 g/mol. The van der Waals surface area contributed by atoms with E-state index in [2.05, 4.69) is 4.90 Å². The van der Waals surface area contributed by atoms with Gasteiger partial charge < -0.3 is 24.3 Å². The maximum absolute atomic E-state index is 14.7. The highest BCUT2D eigenvalue weighted by Crippen LogP contribution is 2.41. The van der Waals surface area contributed by atoms with E-state index in [1.807, 2.05) is 0 Å². The number of halogens is 1. The van der Waals surface area contributed by atoms with Crippen LogP contribution in [0.3, 0.4) is 0 Å². The van der Waals surface area contributed by atoms with Gasteiger partial charge in [0.15, 0.2) is 5.60 Å². The number of morpholine rings is 1. The fourth-order valence-corrected chi connectivity index (χ4v) is 6.47. The summed E-state index contributed by atoms with van der Waals surface area (Å²) in [5, 5.41) is 21.5. The van der Waals surface area contributed by atoms with Crippen molar-refractivity contribution >= 4 is 28.6 Å². The van der Waals surface area contributed by atoms with Crippen LogP contribution in [0.2, 0.25) is 0 Å². The van der Waals surface area contributed by atoms with Gasteiger partial charge in [0.05, 0.1) is 53.5 Å². The Bertz CT molecular complexity index is 1540. The van der Waals surface area contributed by atoms with Crippen molar-refractivity contribution in [2.45, 2.75) is 50.9 Å². The molecule has 200 valence electrons. The van der Waals surface area contributed by atoms with Crippen molar-refractivity contribution in [2.24, 2.45) is 0 Å². The van der Waals surface area contributed by atoms with Crippen LogP contribution in [0.1, 0.15) is 41.2 Å². The Hall–Kier alpha value is -2.83. The molecule has 0 radical (unpaired) electrons. The molecule has 2 aromatic heterocycles. The highest BCUT2D eigenvalue weighted by Gasteiger charge is 2.45. The van der Waals surface area contributed by atoms with E-state index in [4.69, 9.17) is 14.5 Å². The third kappa shape index (κ3) is 3.79. The van der Waals surface area contributed by atoms with Crippen LogP contribution < -0.4 is 5.56 Å². The summed E-state index contributed by atoms with van der Waals surface area (Å²) in [6.45, 7) is 5.60. The third-order valence-electron chi connectivity index (χ3n) is 7.90. The van der Waals surface area contributed by atoms with Gasteiger partial charge in [-0.3, -0.25) is 9.69 Å². The first-order chi connectivity index (χ1) is 18.3. The van der Waals surface area contributed by atoms with Crippen LogP contribution in [0.4, 0.5) is 4.39 Å². The van der Waals surface area contributed by atoms with E-state index < -0.39 is 11.6 Å². The Kier molecular flexibility index (Phi) is 6.31. The molecule has 0 aliphatic carbocycles. The monoisotopic (exact) mass is 541 g/mol. The molecule has 11 heteroatoms. The van der Waals surface area contributed by atoms with Crippen molar-refractivity contribution in [2.75, 3.05) is 25.7 Å². The molecule has 5 heterocycles. The summed E-state index contributed by atoms with van der Waals surface area (Å²) in [7, 11) is 0. The molecule has 6 rings (SSSR count). The smallest absolute Gasteiger partial charge is 0.343 e. The predicted octanol–water partition coefficient (Wildman–Crippen LogP) is 2.37. The molecule has 9 nitrogen and oxygen atoms in total. The van der Waals surface area contributed by atoms with Crippen LogP contribution in [0.25, 0.3) is 22.3 Å². The number of aliphatic hydroxyl groups is 2. The van der Waals surface area contributed by atoms with Crippen LogP contribution in [-0.2, 0) is 39.6 Å². The van der Waals surface area contributed by atoms with Gasteiger partial charge in [-0.1, -0.05) is 6.92 Å². The minimum absolute atomic E-state index is 0.0441. The van der Waals surface area contributed by atoms with Gasteiger partial charge in [-0.2, -0.15) is 0 Å². The number of hydrogen-bond acceptors (Lipinski definition) is 9. The summed E-state index contributed by atoms with van der Waals surface area (Å²) in [4.78, 5) is 33.2. The third-order valence-corrected chi connectivity index (χ3v) is 8.87. The number of fused-ring (bicyclic) bond motifs is 5. The average Bonchev–Trinajstić information content (AvgIpc) is 3.27. The van der Waals surface area contributed by atoms with E-state index >= 15 is 0 Å². The largest absolute Gasteiger partial charge is 0.458 e. The number of pyridine rings is 2. The molecule has 2 N–H and O–H groups in total. The van der Waals surface area contributed by atoms with Crippen molar-refractivity contribution in [3.63, 3.8) is 0 Å². The number of nitrogens with zero attached hydrogens (tertiary/aromatic N) is 3. The first-order valence-electron chi connectivity index (χ1n) is 12.6. The molecule has 0 amide bonds. The zero-order chi connectivity index (χ0) is 26.8. The second kappa shape index (κ2) is 9.42. The lowest BCUT2D eigenvalue weighted by Gasteiger charge is -2.35. The summed E-state index contributed by atoms with van der Waals surface area (Å²) < 4.78 is 27.1. The maximum atomic E-state index is 14.7. The fourth-order valence-electron chi connectivity index (χ4n) is 5.71. The summed E-state index contributed by atoms with van der Waals surface area (Å²) >= 11 is 1.38. The van der Waals surface area contributed by atoms with E-state index in [-0.39, 0.29) is 53.4 Å². The van der Waals surface area contributed by atoms with Crippen LogP contribution in [0.5, 0.6) is 0 Å². The maximum Gasteiger partial charge on any atom is 0.343 e. The topological polar surface area (TPSA) is 114 Å². The molecule has 3 aliphatic rings. The van der Waals surface area contributed by atoms with Crippen molar-refractivity contribution in [1.29, 1.82) is 0 Å². The number of aliphatic hydroxyl groups excluding tert-OH is 1. The second-order valence-corrected chi connectivity index (χ2v) is 11.1. The Balaban J connectivity index is 1.57. The molecule has 0 bridgehead atoms. The number of ether oxygens (including phenoxy) is 2. The van der Waals surface area contributed by atoms with Gasteiger partial charge in [0.1, 0.15) is 12.4 Å². The highest BCUT2D eigenvalue weighted by molar-refractivity contribution is 7.99. The van der Waals surface area contributed by atoms with Gasteiger partial charge >= 0.3 is 5.97 Å². The molecule has 3 aromatic rings. The van der Waals surface area contributed by atoms with Gasteiger partial charge in [0, 0.05) is 35.7 Å². The SMILES string of the molecule is CC[C@@]1(O)C(=O)OCc2c1cc1n(c2=O)Cc2c-1nc1cc(F)c(C)cc1c2CN1CCOCC1SCO. The fraction of sp³-hybridized carbons (Fsp3) is 0.444. The molecule has 2 atom stereocenters. The summed E-state index contributed by atoms with van der Waals surface area (Å²) in [6.07, 6.45) is 0.0520. The molecular formula is C27H28FN3O6S. The second-order valence-electron chi connectivity index (χ2n) is 9.93. The number of aromatic nitrogens is 2. The number of thioether (sulfide) groups is 1. The standard InChI is InChI=1S/C27H28FN3O6S/c1-3-27(35)19-7-22-24-17(10-31(22)25(33)18(19)11-37-26(27)34)16(9-30-4-5-36-12-23(30)38-13-32)15-6-14(2)20(28)8-21(15)29-24/h6-8,23,32,35H,3-5,9-13H2,1-2H3/t23?,27-/m0/s1. The van der Waals surface area contributed by atoms with Crippen molar-refractivity contribution in [3.05, 3.63) is 62.2 Å². The van der Waals surface area contributed by atoms with Crippen molar-refractivity contribution in [1.82, 2.24) is 14.5 Å². The van der Waals surface area contributed by atoms with Crippen LogP contribution in [0.15, 0.2) is 23.0 Å². The van der Waals surface area contributed by atoms with Crippen LogP contribution >= 0.6 is 11.8 Å². The number of carbonyl (C=O) groups excluding carboxylic acids is 1. The minimum Gasteiger partial charge on any atom is -0.458 e. The van der Waals surface area contributed by atoms with E-state index in [9.17, 15) is 24.2 Å². The number of rotatable bonds is 5. The number of esters is 1. The first kappa shape index (κ1) is 25.4. The molecule has 0 saturated carbocycles. The van der Waals surface area contributed by atoms with Crippen LogP contribution in [-0.4, -0.2) is 61.7 Å². The lowest BCUT2D eigenvalue weighted by Crippen LogP contribution is -2.44. The van der Waals surface area contributed by atoms with E-state index in [0.717, 1.165) is 16.5 Å². The highest BCUT2D eigenvalue weighted by atomic mass is 32.2. The Morgan fingerprint density at radius 1 is 1.26 bits per heavy atom.